The first-order valence-electron chi connectivity index (χ1n) is 6.46. The van der Waals surface area contributed by atoms with Crippen molar-refractivity contribution in [2.75, 3.05) is 6.61 Å². The number of pyridine rings is 1. The molecule has 0 spiro atoms. The fraction of sp³-hybridized carbons (Fsp3) is 0.312. The Hall–Kier alpha value is -1.83. The molecule has 0 radical (unpaired) electrons. The van der Waals surface area contributed by atoms with E-state index in [2.05, 4.69) is 31.0 Å². The van der Waals surface area contributed by atoms with Crippen molar-refractivity contribution in [2.45, 2.75) is 26.7 Å². The highest BCUT2D eigenvalue weighted by Crippen LogP contribution is 2.29. The van der Waals surface area contributed by atoms with Crippen LogP contribution >= 0.6 is 0 Å². The first-order valence-corrected chi connectivity index (χ1v) is 6.46. The minimum atomic E-state index is 0.763. The molecule has 1 aromatic heterocycles. The van der Waals surface area contributed by atoms with Crippen LogP contribution in [-0.4, -0.2) is 11.6 Å². The standard InChI is InChI=1S/C16H19NO/c1-3-4-11-18-16-9-8-13(2)12-14(16)15-7-5-6-10-17-15/h5-10,12H,3-4,11H2,1-2H3. The molecule has 2 aromatic rings. The summed E-state index contributed by atoms with van der Waals surface area (Å²) in [7, 11) is 0. The highest BCUT2D eigenvalue weighted by molar-refractivity contribution is 5.67. The summed E-state index contributed by atoms with van der Waals surface area (Å²) in [6.07, 6.45) is 4.04. The molecule has 0 saturated carbocycles. The van der Waals surface area contributed by atoms with E-state index in [1.165, 1.54) is 5.56 Å². The number of aromatic nitrogens is 1. The number of rotatable bonds is 5. The molecule has 0 N–H and O–H groups in total. The summed E-state index contributed by atoms with van der Waals surface area (Å²) in [6.45, 7) is 5.01. The molecular weight excluding hydrogens is 222 g/mol. The number of hydrogen-bond acceptors (Lipinski definition) is 2. The van der Waals surface area contributed by atoms with Crippen LogP contribution in [0.2, 0.25) is 0 Å². The Morgan fingerprint density at radius 1 is 1.17 bits per heavy atom. The molecule has 0 aliphatic rings. The van der Waals surface area contributed by atoms with Crippen LogP contribution in [0.1, 0.15) is 25.3 Å². The topological polar surface area (TPSA) is 22.1 Å². The van der Waals surface area contributed by atoms with E-state index in [1.54, 1.807) is 0 Å². The van der Waals surface area contributed by atoms with E-state index >= 15 is 0 Å². The van der Waals surface area contributed by atoms with Crippen molar-refractivity contribution in [3.8, 4) is 17.0 Å². The maximum atomic E-state index is 5.85. The summed E-state index contributed by atoms with van der Waals surface area (Å²) in [5, 5.41) is 0. The van der Waals surface area contributed by atoms with Gasteiger partial charge >= 0.3 is 0 Å². The molecule has 0 atom stereocenters. The van der Waals surface area contributed by atoms with E-state index in [-0.39, 0.29) is 0 Å². The second kappa shape index (κ2) is 6.20. The van der Waals surface area contributed by atoms with Gasteiger partial charge in [0.25, 0.3) is 0 Å². The maximum absolute atomic E-state index is 5.85. The summed E-state index contributed by atoms with van der Waals surface area (Å²) < 4.78 is 5.85. The van der Waals surface area contributed by atoms with E-state index in [0.717, 1.165) is 36.5 Å². The van der Waals surface area contributed by atoms with E-state index in [1.807, 2.05) is 30.5 Å². The van der Waals surface area contributed by atoms with Gasteiger partial charge in [0.15, 0.2) is 0 Å². The highest BCUT2D eigenvalue weighted by atomic mass is 16.5. The van der Waals surface area contributed by atoms with Crippen LogP contribution in [0.4, 0.5) is 0 Å². The number of nitrogens with zero attached hydrogens (tertiary/aromatic N) is 1. The molecule has 18 heavy (non-hydrogen) atoms. The normalized spacial score (nSPS) is 10.3. The Morgan fingerprint density at radius 3 is 2.78 bits per heavy atom. The Bertz CT molecular complexity index is 494. The predicted octanol–water partition coefficient (Wildman–Crippen LogP) is 4.24. The number of aryl methyl sites for hydroxylation is 1. The van der Waals surface area contributed by atoms with Gasteiger partial charge in [-0.25, -0.2) is 0 Å². The van der Waals surface area contributed by atoms with Crippen LogP contribution in [0.25, 0.3) is 11.3 Å². The lowest BCUT2D eigenvalue weighted by Crippen LogP contribution is -1.99. The van der Waals surface area contributed by atoms with Gasteiger partial charge in [0.05, 0.1) is 12.3 Å². The second-order valence-electron chi connectivity index (χ2n) is 4.42. The van der Waals surface area contributed by atoms with Gasteiger partial charge in [-0.15, -0.1) is 0 Å². The van der Waals surface area contributed by atoms with E-state index in [4.69, 9.17) is 4.74 Å². The molecule has 1 heterocycles. The Morgan fingerprint density at radius 2 is 2.06 bits per heavy atom. The third-order valence-corrected chi connectivity index (χ3v) is 2.83. The third kappa shape index (κ3) is 3.10. The Labute approximate surface area is 109 Å². The minimum absolute atomic E-state index is 0.763. The van der Waals surface area contributed by atoms with Crippen molar-refractivity contribution in [1.82, 2.24) is 4.98 Å². The summed E-state index contributed by atoms with van der Waals surface area (Å²) in [5.41, 5.74) is 3.26. The lowest BCUT2D eigenvalue weighted by Gasteiger charge is -2.11. The van der Waals surface area contributed by atoms with E-state index in [0.29, 0.717) is 0 Å². The maximum Gasteiger partial charge on any atom is 0.128 e. The monoisotopic (exact) mass is 241 g/mol. The van der Waals surface area contributed by atoms with Crippen molar-refractivity contribution in [3.05, 3.63) is 48.2 Å². The first-order chi connectivity index (χ1) is 8.81. The minimum Gasteiger partial charge on any atom is -0.493 e. The average Bonchev–Trinajstić information content (AvgIpc) is 2.41. The van der Waals surface area contributed by atoms with Crippen LogP contribution in [0.15, 0.2) is 42.6 Å². The smallest absolute Gasteiger partial charge is 0.128 e. The van der Waals surface area contributed by atoms with E-state index in [9.17, 15) is 0 Å². The third-order valence-electron chi connectivity index (χ3n) is 2.83. The van der Waals surface area contributed by atoms with Crippen LogP contribution < -0.4 is 4.74 Å². The van der Waals surface area contributed by atoms with Crippen LogP contribution in [0, 0.1) is 6.92 Å². The van der Waals surface area contributed by atoms with Crippen molar-refractivity contribution in [2.24, 2.45) is 0 Å². The van der Waals surface area contributed by atoms with Gasteiger partial charge < -0.3 is 4.74 Å². The molecule has 94 valence electrons. The quantitative estimate of drug-likeness (QED) is 0.731. The fourth-order valence-electron chi connectivity index (χ4n) is 1.82. The van der Waals surface area contributed by atoms with Gasteiger partial charge in [-0.3, -0.25) is 4.98 Å². The Kier molecular flexibility index (Phi) is 4.35. The second-order valence-corrected chi connectivity index (χ2v) is 4.42. The number of hydrogen-bond donors (Lipinski definition) is 0. The van der Waals surface area contributed by atoms with Crippen molar-refractivity contribution in [3.63, 3.8) is 0 Å². The number of unbranched alkanes of at least 4 members (excludes halogenated alkanes) is 1. The zero-order valence-corrected chi connectivity index (χ0v) is 11.0. The SMILES string of the molecule is CCCCOc1ccc(C)cc1-c1ccccn1. The zero-order valence-electron chi connectivity index (χ0n) is 11.0. The predicted molar refractivity (Wildman–Crippen MR) is 74.8 cm³/mol. The van der Waals surface area contributed by atoms with Crippen molar-refractivity contribution in [1.29, 1.82) is 0 Å². The Balaban J connectivity index is 2.29. The molecule has 0 unspecified atom stereocenters. The zero-order chi connectivity index (χ0) is 12.8. The van der Waals surface area contributed by atoms with Crippen LogP contribution in [-0.2, 0) is 0 Å². The molecule has 0 bridgehead atoms. The molecule has 0 aliphatic carbocycles. The molecule has 2 rings (SSSR count). The van der Waals surface area contributed by atoms with Crippen molar-refractivity contribution >= 4 is 0 Å². The van der Waals surface area contributed by atoms with Gasteiger partial charge in [-0.05, 0) is 37.6 Å². The summed E-state index contributed by atoms with van der Waals surface area (Å²) in [6, 6.07) is 12.2. The summed E-state index contributed by atoms with van der Waals surface area (Å²) in [5.74, 6) is 0.924. The lowest BCUT2D eigenvalue weighted by atomic mass is 10.1. The fourth-order valence-corrected chi connectivity index (χ4v) is 1.82. The van der Waals surface area contributed by atoms with Crippen LogP contribution in [0.5, 0.6) is 5.75 Å². The molecule has 2 nitrogen and oxygen atoms in total. The van der Waals surface area contributed by atoms with Gasteiger partial charge in [0.1, 0.15) is 5.75 Å². The van der Waals surface area contributed by atoms with Gasteiger partial charge in [0.2, 0.25) is 0 Å². The van der Waals surface area contributed by atoms with Crippen molar-refractivity contribution < 1.29 is 4.74 Å². The highest BCUT2D eigenvalue weighted by Gasteiger charge is 2.07. The summed E-state index contributed by atoms with van der Waals surface area (Å²) in [4.78, 5) is 4.40. The molecule has 0 aliphatic heterocycles. The largest absolute Gasteiger partial charge is 0.493 e. The summed E-state index contributed by atoms with van der Waals surface area (Å²) >= 11 is 0. The van der Waals surface area contributed by atoms with Gasteiger partial charge in [-0.2, -0.15) is 0 Å². The number of benzene rings is 1. The number of ether oxygens (including phenoxy) is 1. The molecular formula is C16H19NO. The molecule has 0 amide bonds. The van der Waals surface area contributed by atoms with E-state index < -0.39 is 0 Å². The molecule has 2 heteroatoms. The van der Waals surface area contributed by atoms with Gasteiger partial charge in [0, 0.05) is 11.8 Å². The molecule has 0 saturated heterocycles. The first kappa shape index (κ1) is 12.6. The van der Waals surface area contributed by atoms with Gasteiger partial charge in [-0.1, -0.05) is 31.0 Å². The molecule has 1 aromatic carbocycles. The van der Waals surface area contributed by atoms with Crippen LogP contribution in [0.3, 0.4) is 0 Å². The molecule has 0 fully saturated rings. The average molecular weight is 241 g/mol. The lowest BCUT2D eigenvalue weighted by molar-refractivity contribution is 0.310.